The van der Waals surface area contributed by atoms with Crippen LogP contribution in [0.2, 0.25) is 0 Å². The predicted molar refractivity (Wildman–Crippen MR) is 112 cm³/mol. The van der Waals surface area contributed by atoms with Crippen molar-refractivity contribution in [2.24, 2.45) is 0 Å². The fourth-order valence-corrected chi connectivity index (χ4v) is 5.94. The number of carbonyl (C=O) groups is 1. The smallest absolute Gasteiger partial charge is 0.222 e. The van der Waals surface area contributed by atoms with Crippen LogP contribution in [0.5, 0.6) is 0 Å². The fraction of sp³-hybridized carbons (Fsp3) is 0.522. The molecule has 0 N–H and O–H groups in total. The number of piperidine rings is 1. The number of carbonyl (C=O) groups excluding carboxylic acids is 1. The number of aryl methyl sites for hydroxylation is 1. The molecule has 1 amide bonds. The van der Waals surface area contributed by atoms with E-state index < -0.39 is 0 Å². The molecule has 4 rings (SSSR count). The number of hydrogen-bond acceptors (Lipinski definition) is 3. The van der Waals surface area contributed by atoms with Gasteiger partial charge in [0.1, 0.15) is 0 Å². The summed E-state index contributed by atoms with van der Waals surface area (Å²) in [5.41, 5.74) is 3.22. The number of benzene rings is 1. The maximum absolute atomic E-state index is 12.4. The first-order chi connectivity index (χ1) is 13.0. The standard InChI is InChI=1S/C23H30N2OS/c1-17-8-9-19(27-17)16-25-12-10-23(11-13-25)15-18(14-22(26)24(2)3)20-6-4-5-7-21(20)23/h4-9,18H,10-16H2,1-3H3. The van der Waals surface area contributed by atoms with E-state index in [0.29, 0.717) is 12.3 Å². The normalized spacial score (nSPS) is 21.4. The zero-order valence-corrected chi connectivity index (χ0v) is 17.5. The summed E-state index contributed by atoms with van der Waals surface area (Å²) in [4.78, 5) is 19.6. The molecule has 27 heavy (non-hydrogen) atoms. The van der Waals surface area contributed by atoms with Crippen LogP contribution in [0, 0.1) is 6.92 Å². The van der Waals surface area contributed by atoms with Gasteiger partial charge in [-0.2, -0.15) is 0 Å². The van der Waals surface area contributed by atoms with E-state index in [4.69, 9.17) is 0 Å². The molecule has 1 aromatic heterocycles. The van der Waals surface area contributed by atoms with Gasteiger partial charge in [0, 0.05) is 36.8 Å². The molecule has 2 aromatic rings. The van der Waals surface area contributed by atoms with Gasteiger partial charge in [0.2, 0.25) is 5.91 Å². The van der Waals surface area contributed by atoms with Crippen molar-refractivity contribution in [2.75, 3.05) is 27.2 Å². The lowest BCUT2D eigenvalue weighted by atomic mass is 9.73. The number of rotatable bonds is 4. The molecule has 1 spiro atoms. The van der Waals surface area contributed by atoms with Crippen LogP contribution in [0.3, 0.4) is 0 Å². The quantitative estimate of drug-likeness (QED) is 0.774. The zero-order valence-electron chi connectivity index (χ0n) is 16.7. The van der Waals surface area contributed by atoms with Crippen LogP contribution in [0.4, 0.5) is 0 Å². The molecule has 1 aromatic carbocycles. The van der Waals surface area contributed by atoms with Crippen LogP contribution in [-0.4, -0.2) is 42.9 Å². The first-order valence-electron chi connectivity index (χ1n) is 10.0. The molecule has 2 heterocycles. The second kappa shape index (κ2) is 7.40. The minimum Gasteiger partial charge on any atom is -0.349 e. The summed E-state index contributed by atoms with van der Waals surface area (Å²) < 4.78 is 0. The van der Waals surface area contributed by atoms with Crippen molar-refractivity contribution in [1.29, 1.82) is 0 Å². The second-order valence-corrected chi connectivity index (χ2v) is 9.92. The third-order valence-corrected chi connectivity index (χ3v) is 7.50. The summed E-state index contributed by atoms with van der Waals surface area (Å²) in [6.45, 7) is 5.57. The van der Waals surface area contributed by atoms with Crippen LogP contribution in [0.25, 0.3) is 0 Å². The van der Waals surface area contributed by atoms with Gasteiger partial charge in [0.05, 0.1) is 0 Å². The third kappa shape index (κ3) is 3.70. The van der Waals surface area contributed by atoms with E-state index in [1.807, 2.05) is 25.4 Å². The van der Waals surface area contributed by atoms with E-state index in [0.717, 1.165) is 26.1 Å². The molecule has 1 atom stereocenters. The molecule has 0 saturated carbocycles. The van der Waals surface area contributed by atoms with Crippen molar-refractivity contribution in [2.45, 2.75) is 50.5 Å². The molecular formula is C23H30N2OS. The van der Waals surface area contributed by atoms with Gasteiger partial charge >= 0.3 is 0 Å². The van der Waals surface area contributed by atoms with Crippen molar-refractivity contribution >= 4 is 17.2 Å². The molecule has 0 radical (unpaired) electrons. The van der Waals surface area contributed by atoms with Crippen LogP contribution in [-0.2, 0) is 16.8 Å². The predicted octanol–water partition coefficient (Wildman–Crippen LogP) is 4.56. The van der Waals surface area contributed by atoms with Crippen molar-refractivity contribution in [3.8, 4) is 0 Å². The van der Waals surface area contributed by atoms with Crippen LogP contribution < -0.4 is 0 Å². The Kier molecular flexibility index (Phi) is 5.13. The monoisotopic (exact) mass is 382 g/mol. The summed E-state index contributed by atoms with van der Waals surface area (Å²) in [6, 6.07) is 13.4. The van der Waals surface area contributed by atoms with E-state index >= 15 is 0 Å². The number of thiophene rings is 1. The average molecular weight is 383 g/mol. The van der Waals surface area contributed by atoms with E-state index in [2.05, 4.69) is 48.2 Å². The maximum atomic E-state index is 12.4. The molecule has 1 saturated heterocycles. The Balaban J connectivity index is 1.48. The largest absolute Gasteiger partial charge is 0.349 e. The summed E-state index contributed by atoms with van der Waals surface area (Å²) >= 11 is 1.92. The molecule has 144 valence electrons. The lowest BCUT2D eigenvalue weighted by Gasteiger charge is -2.40. The number of likely N-dealkylation sites (tertiary alicyclic amines) is 1. The first kappa shape index (κ1) is 18.7. The maximum Gasteiger partial charge on any atom is 0.222 e. The van der Waals surface area contributed by atoms with Gasteiger partial charge in [0.15, 0.2) is 0 Å². The molecular weight excluding hydrogens is 352 g/mol. The van der Waals surface area contributed by atoms with Gasteiger partial charge in [-0.1, -0.05) is 24.3 Å². The van der Waals surface area contributed by atoms with Crippen molar-refractivity contribution < 1.29 is 4.79 Å². The Bertz CT molecular complexity index is 817. The lowest BCUT2D eigenvalue weighted by Crippen LogP contribution is -2.41. The molecule has 2 aliphatic rings. The Labute approximate surface area is 167 Å². The number of amides is 1. The van der Waals surface area contributed by atoms with Gasteiger partial charge < -0.3 is 4.90 Å². The van der Waals surface area contributed by atoms with Crippen LogP contribution in [0.1, 0.15) is 52.5 Å². The molecule has 1 aliphatic heterocycles. The topological polar surface area (TPSA) is 23.6 Å². The minimum absolute atomic E-state index is 0.248. The molecule has 1 unspecified atom stereocenters. The Morgan fingerprint density at radius 2 is 1.93 bits per heavy atom. The highest BCUT2D eigenvalue weighted by Crippen LogP contribution is 2.52. The molecule has 1 aliphatic carbocycles. The zero-order chi connectivity index (χ0) is 19.0. The van der Waals surface area contributed by atoms with E-state index in [1.54, 1.807) is 4.90 Å². The van der Waals surface area contributed by atoms with Crippen molar-refractivity contribution in [1.82, 2.24) is 9.80 Å². The average Bonchev–Trinajstić information content (AvgIpc) is 3.19. The molecule has 4 heteroatoms. The van der Waals surface area contributed by atoms with Crippen molar-refractivity contribution in [3.05, 3.63) is 57.3 Å². The summed E-state index contributed by atoms with van der Waals surface area (Å²) in [5.74, 6) is 0.625. The third-order valence-electron chi connectivity index (χ3n) is 6.52. The fourth-order valence-electron chi connectivity index (χ4n) is 5.01. The number of nitrogens with zero attached hydrogens (tertiary/aromatic N) is 2. The van der Waals surface area contributed by atoms with Gasteiger partial charge in [-0.3, -0.25) is 9.69 Å². The molecule has 3 nitrogen and oxygen atoms in total. The van der Waals surface area contributed by atoms with Gasteiger partial charge in [-0.15, -0.1) is 11.3 Å². The molecule has 0 bridgehead atoms. The first-order valence-corrected chi connectivity index (χ1v) is 10.9. The summed E-state index contributed by atoms with van der Waals surface area (Å²) in [6.07, 6.45) is 4.20. The second-order valence-electron chi connectivity index (χ2n) is 8.55. The summed E-state index contributed by atoms with van der Waals surface area (Å²) in [7, 11) is 3.73. The van der Waals surface area contributed by atoms with Crippen molar-refractivity contribution in [3.63, 3.8) is 0 Å². The summed E-state index contributed by atoms with van der Waals surface area (Å²) in [5, 5.41) is 0. The van der Waals surface area contributed by atoms with Crippen LogP contribution >= 0.6 is 11.3 Å². The van der Waals surface area contributed by atoms with Gasteiger partial charge in [0.25, 0.3) is 0 Å². The lowest BCUT2D eigenvalue weighted by molar-refractivity contribution is -0.129. The Morgan fingerprint density at radius 1 is 1.19 bits per heavy atom. The minimum atomic E-state index is 0.248. The highest BCUT2D eigenvalue weighted by molar-refractivity contribution is 7.11. The Morgan fingerprint density at radius 3 is 2.59 bits per heavy atom. The van der Waals surface area contributed by atoms with Gasteiger partial charge in [-0.05, 0) is 73.9 Å². The molecule has 1 fully saturated rings. The van der Waals surface area contributed by atoms with Gasteiger partial charge in [-0.25, -0.2) is 0 Å². The highest BCUT2D eigenvalue weighted by Gasteiger charge is 2.45. The van der Waals surface area contributed by atoms with Crippen LogP contribution in [0.15, 0.2) is 36.4 Å². The SMILES string of the molecule is Cc1ccc(CN2CCC3(CC2)CC(CC(=O)N(C)C)c2ccccc23)s1. The number of fused-ring (bicyclic) bond motifs is 2. The van der Waals surface area contributed by atoms with E-state index in [1.165, 1.54) is 33.7 Å². The highest BCUT2D eigenvalue weighted by atomic mass is 32.1. The van der Waals surface area contributed by atoms with E-state index in [-0.39, 0.29) is 11.3 Å². The Hall–Kier alpha value is -1.65. The number of hydrogen-bond donors (Lipinski definition) is 0. The van der Waals surface area contributed by atoms with E-state index in [9.17, 15) is 4.79 Å².